The van der Waals surface area contributed by atoms with E-state index < -0.39 is 11.9 Å². The lowest BCUT2D eigenvalue weighted by Crippen LogP contribution is -2.42. The number of nitrogens with two attached hydrogens (primary N) is 1. The van der Waals surface area contributed by atoms with Crippen molar-refractivity contribution in [1.29, 1.82) is 0 Å². The molecule has 1 amide bonds. The maximum atomic E-state index is 14.0. The predicted octanol–water partition coefficient (Wildman–Crippen LogP) is 5.43. The van der Waals surface area contributed by atoms with Gasteiger partial charge in [0, 0.05) is 17.1 Å². The molecule has 0 saturated heterocycles. The quantitative estimate of drug-likeness (QED) is 0.319. The topological polar surface area (TPSA) is 81.2 Å². The molecule has 0 fully saturated rings. The molecule has 0 bridgehead atoms. The van der Waals surface area contributed by atoms with Gasteiger partial charge in [-0.05, 0) is 60.8 Å². The smallest absolute Gasteiger partial charge is 0.261 e. The van der Waals surface area contributed by atoms with Crippen molar-refractivity contribution in [2.75, 3.05) is 13.1 Å². The van der Waals surface area contributed by atoms with Crippen LogP contribution in [-0.4, -0.2) is 33.4 Å². The van der Waals surface area contributed by atoms with Crippen LogP contribution in [-0.2, 0) is 6.54 Å². The number of nitrogens with zero attached hydrogens (tertiary/aromatic N) is 3. The van der Waals surface area contributed by atoms with E-state index in [1.165, 1.54) is 18.2 Å². The van der Waals surface area contributed by atoms with Crippen molar-refractivity contribution in [1.82, 2.24) is 14.5 Å². The summed E-state index contributed by atoms with van der Waals surface area (Å²) in [6.45, 7) is 4.92. The minimum atomic E-state index is -0.581. The van der Waals surface area contributed by atoms with Crippen molar-refractivity contribution in [2.45, 2.75) is 32.9 Å². The largest absolute Gasteiger partial charge is 0.330 e. The van der Waals surface area contributed by atoms with Crippen LogP contribution in [0.5, 0.6) is 0 Å². The highest BCUT2D eigenvalue weighted by atomic mass is 35.5. The molecule has 4 aromatic rings. The first-order chi connectivity index (χ1) is 17.8. The second kappa shape index (κ2) is 11.7. The van der Waals surface area contributed by atoms with Gasteiger partial charge in [0.05, 0.1) is 23.5 Å². The molecule has 0 aliphatic carbocycles. The molecule has 3 aromatic carbocycles. The molecular formula is C29H30ClFN4O2. The summed E-state index contributed by atoms with van der Waals surface area (Å²) in [7, 11) is 0. The van der Waals surface area contributed by atoms with Gasteiger partial charge < -0.3 is 10.6 Å². The molecule has 1 aromatic heterocycles. The first-order valence-electron chi connectivity index (χ1n) is 12.3. The zero-order chi connectivity index (χ0) is 26.5. The van der Waals surface area contributed by atoms with Crippen LogP contribution >= 0.6 is 11.6 Å². The zero-order valence-electron chi connectivity index (χ0n) is 20.9. The Kier molecular flexibility index (Phi) is 8.36. The molecule has 0 aliphatic heterocycles. The Bertz CT molecular complexity index is 1460. The minimum absolute atomic E-state index is 0.124. The number of halogens is 2. The van der Waals surface area contributed by atoms with E-state index in [1.807, 2.05) is 44.2 Å². The van der Waals surface area contributed by atoms with Gasteiger partial charge in [0.25, 0.3) is 11.5 Å². The number of hydrogen-bond acceptors (Lipinski definition) is 4. The van der Waals surface area contributed by atoms with Crippen LogP contribution in [0.15, 0.2) is 77.6 Å². The highest BCUT2D eigenvalue weighted by Crippen LogP contribution is 2.31. The second-order valence-corrected chi connectivity index (χ2v) is 9.78. The van der Waals surface area contributed by atoms with E-state index in [9.17, 15) is 14.0 Å². The summed E-state index contributed by atoms with van der Waals surface area (Å²) in [5.74, 6) is -0.523. The Balaban J connectivity index is 1.94. The summed E-state index contributed by atoms with van der Waals surface area (Å²) in [5.41, 5.74) is 7.21. The average Bonchev–Trinajstić information content (AvgIpc) is 2.88. The monoisotopic (exact) mass is 520 g/mol. The van der Waals surface area contributed by atoms with E-state index in [-0.39, 0.29) is 29.5 Å². The molecule has 192 valence electrons. The van der Waals surface area contributed by atoms with Gasteiger partial charge in [0.2, 0.25) is 0 Å². The van der Waals surface area contributed by atoms with E-state index in [2.05, 4.69) is 0 Å². The molecule has 2 N–H and O–H groups in total. The van der Waals surface area contributed by atoms with E-state index in [4.69, 9.17) is 22.3 Å². The number of fused-ring (bicyclic) bond motifs is 1. The highest BCUT2D eigenvalue weighted by molar-refractivity contribution is 6.31. The molecule has 6 nitrogen and oxygen atoms in total. The van der Waals surface area contributed by atoms with Crippen molar-refractivity contribution in [2.24, 2.45) is 11.7 Å². The van der Waals surface area contributed by atoms with Crippen molar-refractivity contribution in [3.05, 3.63) is 111 Å². The fourth-order valence-corrected chi connectivity index (χ4v) is 4.74. The number of aromatic nitrogens is 2. The summed E-state index contributed by atoms with van der Waals surface area (Å²) < 4.78 is 15.7. The number of amides is 1. The third-order valence-electron chi connectivity index (χ3n) is 6.30. The lowest BCUT2D eigenvalue weighted by Gasteiger charge is -2.35. The highest BCUT2D eigenvalue weighted by Gasteiger charge is 2.32. The Morgan fingerprint density at radius 1 is 1.08 bits per heavy atom. The molecule has 8 heteroatoms. The van der Waals surface area contributed by atoms with Crippen LogP contribution in [0.25, 0.3) is 10.9 Å². The van der Waals surface area contributed by atoms with E-state index in [0.717, 1.165) is 5.56 Å². The van der Waals surface area contributed by atoms with Gasteiger partial charge in [-0.1, -0.05) is 61.8 Å². The Labute approximate surface area is 220 Å². The fourth-order valence-electron chi connectivity index (χ4n) is 4.57. The molecule has 4 rings (SSSR count). The van der Waals surface area contributed by atoms with Gasteiger partial charge in [-0.3, -0.25) is 14.2 Å². The Morgan fingerprint density at radius 2 is 1.84 bits per heavy atom. The summed E-state index contributed by atoms with van der Waals surface area (Å²) in [4.78, 5) is 34.2. The predicted molar refractivity (Wildman–Crippen MR) is 145 cm³/mol. The summed E-state index contributed by atoms with van der Waals surface area (Å²) in [6.07, 6.45) is 0.534. The van der Waals surface area contributed by atoms with Crippen LogP contribution < -0.4 is 11.3 Å². The van der Waals surface area contributed by atoms with Gasteiger partial charge in [-0.15, -0.1) is 0 Å². The SMILES string of the molecule is CC(C)[C@H](c1nc2cc(Cl)ccc2c(=O)n1Cc1ccccc1)N(CCCN)C(=O)c1cccc(F)c1. The van der Waals surface area contributed by atoms with E-state index in [0.29, 0.717) is 41.3 Å². The third-order valence-corrected chi connectivity index (χ3v) is 6.53. The lowest BCUT2D eigenvalue weighted by molar-refractivity contribution is 0.0602. The molecule has 0 saturated carbocycles. The first-order valence-corrected chi connectivity index (χ1v) is 12.7. The molecule has 0 aliphatic rings. The number of rotatable bonds is 9. The van der Waals surface area contributed by atoms with Crippen LogP contribution in [0.3, 0.4) is 0 Å². The van der Waals surface area contributed by atoms with E-state index >= 15 is 0 Å². The van der Waals surface area contributed by atoms with Crippen molar-refractivity contribution in [3.63, 3.8) is 0 Å². The first kappa shape index (κ1) is 26.5. The molecule has 1 atom stereocenters. The second-order valence-electron chi connectivity index (χ2n) is 9.35. The molecule has 37 heavy (non-hydrogen) atoms. The van der Waals surface area contributed by atoms with Crippen LogP contribution in [0, 0.1) is 11.7 Å². The minimum Gasteiger partial charge on any atom is -0.330 e. The number of benzene rings is 3. The average molecular weight is 521 g/mol. The van der Waals surface area contributed by atoms with E-state index in [1.54, 1.807) is 33.7 Å². The maximum Gasteiger partial charge on any atom is 0.261 e. The van der Waals surface area contributed by atoms with Crippen molar-refractivity contribution >= 4 is 28.4 Å². The van der Waals surface area contributed by atoms with Crippen molar-refractivity contribution < 1.29 is 9.18 Å². The van der Waals surface area contributed by atoms with Crippen LogP contribution in [0.2, 0.25) is 5.02 Å². The summed E-state index contributed by atoms with van der Waals surface area (Å²) >= 11 is 6.25. The number of hydrogen-bond donors (Lipinski definition) is 1. The van der Waals surface area contributed by atoms with Gasteiger partial charge in [-0.2, -0.15) is 0 Å². The molecule has 0 spiro atoms. The molecule has 1 heterocycles. The molecule has 0 radical (unpaired) electrons. The lowest BCUT2D eigenvalue weighted by atomic mass is 9.98. The van der Waals surface area contributed by atoms with Crippen LogP contribution in [0.1, 0.15) is 48.1 Å². The molecular weight excluding hydrogens is 491 g/mol. The maximum absolute atomic E-state index is 14.0. The zero-order valence-corrected chi connectivity index (χ0v) is 21.7. The molecule has 0 unspecified atom stereocenters. The van der Waals surface area contributed by atoms with Crippen LogP contribution in [0.4, 0.5) is 4.39 Å². The Morgan fingerprint density at radius 3 is 2.51 bits per heavy atom. The van der Waals surface area contributed by atoms with Gasteiger partial charge in [-0.25, -0.2) is 9.37 Å². The third kappa shape index (κ3) is 5.89. The Hall–Kier alpha value is -3.55. The number of carbonyl (C=O) groups excluding carboxylic acids is 1. The van der Waals surface area contributed by atoms with Gasteiger partial charge in [0.1, 0.15) is 11.6 Å². The van der Waals surface area contributed by atoms with Crippen molar-refractivity contribution in [3.8, 4) is 0 Å². The summed E-state index contributed by atoms with van der Waals surface area (Å²) in [5, 5.41) is 0.902. The normalized spacial score (nSPS) is 12.2. The van der Waals surface area contributed by atoms with Gasteiger partial charge in [0.15, 0.2) is 0 Å². The number of carbonyl (C=O) groups is 1. The fraction of sp³-hybridized carbons (Fsp3) is 0.276. The van der Waals surface area contributed by atoms with Gasteiger partial charge >= 0.3 is 0 Å². The standard InChI is InChI=1S/C29H30ClFN4O2/c1-19(2)26(34(15-7-14-32)28(36)21-10-6-11-23(31)16-21)27-33-25-17-22(30)12-13-24(25)29(37)35(27)18-20-8-4-3-5-9-20/h3-6,8-13,16-17,19,26H,7,14-15,18,32H2,1-2H3/t26-/m1/s1. The summed E-state index contributed by atoms with van der Waals surface area (Å²) in [6, 6.07) is 19.7.